The van der Waals surface area contributed by atoms with Gasteiger partial charge in [0.05, 0.1) is 5.71 Å². The number of oxime groups is 1. The van der Waals surface area contributed by atoms with Gasteiger partial charge in [-0.2, -0.15) is 0 Å². The number of carbonyl (C=O) groups is 1. The van der Waals surface area contributed by atoms with E-state index in [4.69, 9.17) is 10.0 Å². The molecule has 160 valence electrons. The first-order valence-corrected chi connectivity index (χ1v) is 11.5. The second-order valence-corrected chi connectivity index (χ2v) is 10.0. The number of benzene rings is 1. The quantitative estimate of drug-likeness (QED) is 0.514. The van der Waals surface area contributed by atoms with Crippen molar-refractivity contribution < 1.29 is 23.3 Å². The summed E-state index contributed by atoms with van der Waals surface area (Å²) >= 11 is 0. The Morgan fingerprint density at radius 1 is 1.23 bits per heavy atom. The predicted octanol–water partition coefficient (Wildman–Crippen LogP) is 2.50. The average Bonchev–Trinajstić information content (AvgIpc) is 3.20. The molecule has 1 amide bonds. The minimum absolute atomic E-state index is 0.125. The smallest absolute Gasteiger partial charge is 0.264 e. The molecule has 0 radical (unpaired) electrons. The van der Waals surface area contributed by atoms with E-state index in [-0.39, 0.29) is 6.42 Å². The van der Waals surface area contributed by atoms with Gasteiger partial charge in [-0.3, -0.25) is 15.0 Å². The van der Waals surface area contributed by atoms with Crippen molar-refractivity contribution in [2.75, 3.05) is 6.26 Å². The van der Waals surface area contributed by atoms with Gasteiger partial charge in [0.1, 0.15) is 6.10 Å². The topological polar surface area (TPSA) is 118 Å². The summed E-state index contributed by atoms with van der Waals surface area (Å²) in [5.74, 6) is -0.991. The van der Waals surface area contributed by atoms with Gasteiger partial charge in [0.2, 0.25) is 0 Å². The van der Waals surface area contributed by atoms with E-state index in [1.165, 1.54) is 12.4 Å². The molecule has 0 saturated carbocycles. The van der Waals surface area contributed by atoms with Crippen LogP contribution in [-0.2, 0) is 25.9 Å². The van der Waals surface area contributed by atoms with Gasteiger partial charge >= 0.3 is 0 Å². The number of carbonyl (C=O) groups excluding carboxylic acids is 1. The third-order valence-electron chi connectivity index (χ3n) is 5.48. The van der Waals surface area contributed by atoms with E-state index in [0.29, 0.717) is 12.1 Å². The van der Waals surface area contributed by atoms with Crippen LogP contribution in [0.1, 0.15) is 37.9 Å². The lowest BCUT2D eigenvalue weighted by Gasteiger charge is -2.26. The average molecular weight is 432 g/mol. The molecule has 1 aromatic heterocycles. The van der Waals surface area contributed by atoms with Crippen LogP contribution >= 0.6 is 0 Å². The molecule has 0 saturated heterocycles. The van der Waals surface area contributed by atoms with Crippen molar-refractivity contribution in [2.24, 2.45) is 5.16 Å². The molecule has 0 bridgehead atoms. The lowest BCUT2D eigenvalue weighted by Crippen LogP contribution is -2.51. The van der Waals surface area contributed by atoms with Crippen LogP contribution in [0.15, 0.2) is 47.8 Å². The van der Waals surface area contributed by atoms with Crippen molar-refractivity contribution in [3.63, 3.8) is 0 Å². The second kappa shape index (κ2) is 8.53. The number of sulfone groups is 1. The van der Waals surface area contributed by atoms with Crippen LogP contribution in [0.4, 0.5) is 0 Å². The molecule has 2 heterocycles. The fraction of sp³-hybridized carbons (Fsp3) is 0.381. The molecule has 9 heteroatoms. The second-order valence-electron chi connectivity index (χ2n) is 7.58. The maximum atomic E-state index is 12.1. The number of rotatable bonds is 7. The zero-order valence-corrected chi connectivity index (χ0v) is 17.9. The third-order valence-corrected chi connectivity index (χ3v) is 7.47. The number of aromatic nitrogens is 1. The van der Waals surface area contributed by atoms with Crippen molar-refractivity contribution in [3.05, 3.63) is 53.9 Å². The highest BCUT2D eigenvalue weighted by Crippen LogP contribution is 2.30. The maximum absolute atomic E-state index is 12.1. The van der Waals surface area contributed by atoms with Crippen LogP contribution in [0.3, 0.4) is 0 Å². The summed E-state index contributed by atoms with van der Waals surface area (Å²) in [4.78, 5) is 21.7. The monoisotopic (exact) mass is 431 g/mol. The summed E-state index contributed by atoms with van der Waals surface area (Å²) in [6.45, 7) is 3.33. The van der Waals surface area contributed by atoms with E-state index in [1.807, 2.05) is 30.3 Å². The van der Waals surface area contributed by atoms with Gasteiger partial charge in [-0.05, 0) is 42.2 Å². The van der Waals surface area contributed by atoms with Crippen LogP contribution < -0.4 is 5.48 Å². The highest BCUT2D eigenvalue weighted by Gasteiger charge is 2.47. The van der Waals surface area contributed by atoms with E-state index >= 15 is 0 Å². The Kier molecular flexibility index (Phi) is 6.23. The van der Waals surface area contributed by atoms with Gasteiger partial charge in [0.15, 0.2) is 14.6 Å². The number of nitrogens with zero attached hydrogens (tertiary/aromatic N) is 2. The SMILES string of the molecule is CCc1cc(-c2ccc(C3=NO[C@@H](C[C@](C)(C(=O)NO)S(C)(=O)=O)C3)cc2)ccn1. The van der Waals surface area contributed by atoms with E-state index in [1.54, 1.807) is 6.20 Å². The summed E-state index contributed by atoms with van der Waals surface area (Å²) in [6.07, 6.45) is 3.26. The molecule has 3 rings (SSSR count). The van der Waals surface area contributed by atoms with Crippen molar-refractivity contribution in [1.82, 2.24) is 10.5 Å². The molecule has 1 aliphatic heterocycles. The lowest BCUT2D eigenvalue weighted by atomic mass is 9.95. The zero-order valence-electron chi connectivity index (χ0n) is 17.1. The zero-order chi connectivity index (χ0) is 21.9. The molecule has 8 nitrogen and oxygen atoms in total. The summed E-state index contributed by atoms with van der Waals surface area (Å²) in [7, 11) is -3.80. The normalized spacial score (nSPS) is 18.3. The van der Waals surface area contributed by atoms with Gasteiger partial charge in [0, 0.05) is 31.0 Å². The van der Waals surface area contributed by atoms with Crippen molar-refractivity contribution in [3.8, 4) is 11.1 Å². The minimum Gasteiger partial charge on any atom is -0.392 e. The van der Waals surface area contributed by atoms with E-state index in [9.17, 15) is 13.2 Å². The third kappa shape index (κ3) is 4.36. The van der Waals surface area contributed by atoms with E-state index < -0.39 is 26.6 Å². The Hall–Kier alpha value is -2.78. The number of amides is 1. The molecule has 1 aromatic carbocycles. The van der Waals surface area contributed by atoms with Crippen LogP contribution in [-0.4, -0.2) is 47.3 Å². The summed E-state index contributed by atoms with van der Waals surface area (Å²) in [5, 5.41) is 13.0. The molecule has 2 atom stereocenters. The van der Waals surface area contributed by atoms with E-state index in [0.717, 1.165) is 35.1 Å². The van der Waals surface area contributed by atoms with Gasteiger partial charge in [-0.1, -0.05) is 36.3 Å². The molecule has 0 aliphatic carbocycles. The molecule has 2 aromatic rings. The fourth-order valence-corrected chi connectivity index (χ4v) is 4.25. The van der Waals surface area contributed by atoms with Gasteiger partial charge in [-0.15, -0.1) is 0 Å². The van der Waals surface area contributed by atoms with Crippen LogP contribution in [0.5, 0.6) is 0 Å². The van der Waals surface area contributed by atoms with Crippen LogP contribution in [0, 0.1) is 0 Å². The number of pyridine rings is 1. The Morgan fingerprint density at radius 3 is 2.50 bits per heavy atom. The van der Waals surface area contributed by atoms with Gasteiger partial charge in [-0.25, -0.2) is 13.9 Å². The first-order valence-electron chi connectivity index (χ1n) is 9.60. The fourth-order valence-electron chi connectivity index (χ4n) is 3.38. The standard InChI is InChI=1S/C21H25N3O5S/c1-4-17-11-16(9-10-22-17)14-5-7-15(8-6-14)19-12-18(29-24-19)13-21(2,20(25)23-26)30(3,27)28/h5-11,18,26H,4,12-13H2,1-3H3,(H,23,25)/t18-,21-/m1/s1. The minimum atomic E-state index is -3.80. The van der Waals surface area contributed by atoms with Crippen LogP contribution in [0.25, 0.3) is 11.1 Å². The molecular weight excluding hydrogens is 406 g/mol. The Morgan fingerprint density at radius 2 is 1.90 bits per heavy atom. The molecule has 0 spiro atoms. The Bertz CT molecular complexity index is 1070. The van der Waals surface area contributed by atoms with E-state index in [2.05, 4.69) is 23.1 Å². The molecule has 0 unspecified atom stereocenters. The summed E-state index contributed by atoms with van der Waals surface area (Å²) < 4.78 is 22.5. The van der Waals surface area contributed by atoms with Crippen molar-refractivity contribution in [2.45, 2.75) is 44.0 Å². The number of hydrogen-bond donors (Lipinski definition) is 2. The lowest BCUT2D eigenvalue weighted by molar-refractivity contribution is -0.132. The van der Waals surface area contributed by atoms with Crippen LogP contribution in [0.2, 0.25) is 0 Å². The van der Waals surface area contributed by atoms with Gasteiger partial charge in [0.25, 0.3) is 5.91 Å². The number of aryl methyl sites for hydroxylation is 1. The maximum Gasteiger partial charge on any atom is 0.264 e. The first kappa shape index (κ1) is 21.9. The molecule has 2 N–H and O–H groups in total. The molecular formula is C21H25N3O5S. The Balaban J connectivity index is 1.73. The van der Waals surface area contributed by atoms with Crippen molar-refractivity contribution >= 4 is 21.5 Å². The highest BCUT2D eigenvalue weighted by molar-refractivity contribution is 7.92. The predicted molar refractivity (Wildman–Crippen MR) is 113 cm³/mol. The van der Waals surface area contributed by atoms with Crippen molar-refractivity contribution in [1.29, 1.82) is 0 Å². The first-order chi connectivity index (χ1) is 14.2. The van der Waals surface area contributed by atoms with Gasteiger partial charge < -0.3 is 4.84 Å². The summed E-state index contributed by atoms with van der Waals surface area (Å²) in [6, 6.07) is 11.8. The summed E-state index contributed by atoms with van der Waals surface area (Å²) in [5.41, 5.74) is 6.13. The number of hydrogen-bond acceptors (Lipinski definition) is 7. The molecule has 0 fully saturated rings. The molecule has 1 aliphatic rings. The Labute approximate surface area is 175 Å². The largest absolute Gasteiger partial charge is 0.392 e. The highest BCUT2D eigenvalue weighted by atomic mass is 32.2. The number of nitrogens with one attached hydrogen (secondary N) is 1. The molecule has 30 heavy (non-hydrogen) atoms. The number of hydroxylamine groups is 1.